The number of aliphatic hydroxyl groups excluding tert-OH is 1. The Bertz CT molecular complexity index is 542. The quantitative estimate of drug-likeness (QED) is 0.715. The van der Waals surface area contributed by atoms with E-state index in [1.807, 2.05) is 0 Å². The number of hydrogen-bond donors (Lipinski definition) is 3. The second-order valence-corrected chi connectivity index (χ2v) is 7.06. The number of H-pyrrole nitrogens is 1. The molecule has 0 unspecified atom stereocenters. The van der Waals surface area contributed by atoms with Gasteiger partial charge in [0.25, 0.3) is 0 Å². The zero-order valence-electron chi connectivity index (χ0n) is 11.8. The van der Waals surface area contributed by atoms with Gasteiger partial charge in [-0.3, -0.25) is 5.10 Å². The van der Waals surface area contributed by atoms with Crippen LogP contribution < -0.4 is 4.72 Å². The smallest absolute Gasteiger partial charge is 0.244 e. The van der Waals surface area contributed by atoms with Gasteiger partial charge in [-0.15, -0.1) is 0 Å². The summed E-state index contributed by atoms with van der Waals surface area (Å²) in [6.45, 7) is 4.57. The molecule has 8 heteroatoms. The molecule has 0 spiro atoms. The Morgan fingerprint density at radius 3 is 2.55 bits per heavy atom. The highest BCUT2D eigenvalue weighted by Gasteiger charge is 2.34. The first-order chi connectivity index (χ1) is 9.40. The molecule has 0 bridgehead atoms. The summed E-state index contributed by atoms with van der Waals surface area (Å²) in [5.41, 5.74) is 0.525. The van der Waals surface area contributed by atoms with Gasteiger partial charge in [-0.1, -0.05) is 0 Å². The van der Waals surface area contributed by atoms with Crippen LogP contribution in [0.2, 0.25) is 0 Å². The van der Waals surface area contributed by atoms with Gasteiger partial charge in [-0.05, 0) is 26.7 Å². The number of sulfonamides is 1. The molecule has 2 rings (SSSR count). The van der Waals surface area contributed by atoms with Crippen LogP contribution in [0.15, 0.2) is 4.90 Å². The first-order valence-corrected chi connectivity index (χ1v) is 8.08. The first kappa shape index (κ1) is 15.4. The van der Waals surface area contributed by atoms with Gasteiger partial charge in [0.15, 0.2) is 0 Å². The largest absolute Gasteiger partial charge is 0.396 e. The molecule has 114 valence electrons. The molecule has 0 amide bonds. The maximum atomic E-state index is 12.4. The third kappa shape index (κ3) is 3.03. The van der Waals surface area contributed by atoms with Crippen molar-refractivity contribution in [2.45, 2.75) is 31.6 Å². The lowest BCUT2D eigenvalue weighted by Crippen LogP contribution is -2.43. The van der Waals surface area contributed by atoms with Crippen LogP contribution in [0, 0.1) is 19.3 Å². The number of nitrogens with one attached hydrogen (secondary N) is 2. The van der Waals surface area contributed by atoms with Crippen LogP contribution in [-0.4, -0.2) is 50.1 Å². The zero-order chi connectivity index (χ0) is 14.8. The highest BCUT2D eigenvalue weighted by atomic mass is 32.2. The highest BCUT2D eigenvalue weighted by Crippen LogP contribution is 2.29. The highest BCUT2D eigenvalue weighted by molar-refractivity contribution is 7.89. The zero-order valence-corrected chi connectivity index (χ0v) is 12.6. The van der Waals surface area contributed by atoms with Gasteiger partial charge in [0.2, 0.25) is 10.0 Å². The van der Waals surface area contributed by atoms with E-state index in [1.165, 1.54) is 0 Å². The molecule has 0 saturated carbocycles. The number of aliphatic hydroxyl groups is 1. The topological polar surface area (TPSA) is 104 Å². The number of nitrogens with zero attached hydrogens (tertiary/aromatic N) is 1. The van der Waals surface area contributed by atoms with E-state index in [2.05, 4.69) is 14.9 Å². The molecule has 0 aliphatic carbocycles. The van der Waals surface area contributed by atoms with E-state index in [1.54, 1.807) is 13.8 Å². The number of rotatable bonds is 5. The van der Waals surface area contributed by atoms with Crippen molar-refractivity contribution in [3.05, 3.63) is 11.4 Å². The summed E-state index contributed by atoms with van der Waals surface area (Å²) in [5, 5.41) is 16.1. The number of aromatic nitrogens is 2. The number of hydrogen-bond acceptors (Lipinski definition) is 5. The molecule has 1 aliphatic heterocycles. The average molecular weight is 303 g/mol. The molecule has 7 nitrogen and oxygen atoms in total. The number of aromatic amines is 1. The van der Waals surface area contributed by atoms with E-state index < -0.39 is 15.4 Å². The molecule has 1 aromatic heterocycles. The second-order valence-electron chi connectivity index (χ2n) is 5.36. The normalized spacial score (nSPS) is 19.1. The number of ether oxygens (including phenoxy) is 1. The fraction of sp³-hybridized carbons (Fsp3) is 0.750. The Kier molecular flexibility index (Phi) is 4.48. The van der Waals surface area contributed by atoms with Crippen molar-refractivity contribution in [2.24, 2.45) is 5.41 Å². The van der Waals surface area contributed by atoms with E-state index in [0.29, 0.717) is 37.4 Å². The lowest BCUT2D eigenvalue weighted by Gasteiger charge is -2.35. The van der Waals surface area contributed by atoms with Crippen molar-refractivity contribution in [3.63, 3.8) is 0 Å². The third-order valence-corrected chi connectivity index (χ3v) is 5.52. The molecule has 1 fully saturated rings. The molecule has 1 saturated heterocycles. The summed E-state index contributed by atoms with van der Waals surface area (Å²) < 4.78 is 32.6. The third-order valence-electron chi connectivity index (χ3n) is 3.86. The van der Waals surface area contributed by atoms with Crippen LogP contribution in [0.3, 0.4) is 0 Å². The van der Waals surface area contributed by atoms with E-state index in [9.17, 15) is 13.5 Å². The van der Waals surface area contributed by atoms with Gasteiger partial charge in [0.1, 0.15) is 4.90 Å². The molecule has 0 atom stereocenters. The number of aryl methyl sites for hydroxylation is 2. The van der Waals surface area contributed by atoms with Crippen LogP contribution >= 0.6 is 0 Å². The predicted molar refractivity (Wildman–Crippen MR) is 72.8 cm³/mol. The van der Waals surface area contributed by atoms with Crippen molar-refractivity contribution < 1.29 is 18.3 Å². The van der Waals surface area contributed by atoms with Crippen molar-refractivity contribution >= 4 is 10.0 Å². The summed E-state index contributed by atoms with van der Waals surface area (Å²) in [6, 6.07) is 0. The summed E-state index contributed by atoms with van der Waals surface area (Å²) in [6.07, 6.45) is 1.30. The summed E-state index contributed by atoms with van der Waals surface area (Å²) in [5.74, 6) is 0. The minimum absolute atomic E-state index is 0.0533. The molecule has 0 aromatic carbocycles. The molecular weight excluding hydrogens is 282 g/mol. The Morgan fingerprint density at radius 2 is 2.05 bits per heavy atom. The Morgan fingerprint density at radius 1 is 1.40 bits per heavy atom. The minimum Gasteiger partial charge on any atom is -0.396 e. The Hall–Kier alpha value is -0.960. The summed E-state index contributed by atoms with van der Waals surface area (Å²) >= 11 is 0. The van der Waals surface area contributed by atoms with Gasteiger partial charge in [-0.25, -0.2) is 13.1 Å². The van der Waals surface area contributed by atoms with Crippen LogP contribution in [0.25, 0.3) is 0 Å². The van der Waals surface area contributed by atoms with Crippen LogP contribution in [0.4, 0.5) is 0 Å². The van der Waals surface area contributed by atoms with Crippen LogP contribution in [-0.2, 0) is 14.8 Å². The lowest BCUT2D eigenvalue weighted by atomic mass is 9.81. The molecule has 0 radical (unpaired) electrons. The van der Waals surface area contributed by atoms with Gasteiger partial charge >= 0.3 is 0 Å². The predicted octanol–water partition coefficient (Wildman–Crippen LogP) is 0.0939. The van der Waals surface area contributed by atoms with Crippen LogP contribution in [0.5, 0.6) is 0 Å². The SMILES string of the molecule is Cc1n[nH]c(C)c1S(=O)(=O)NCC1(CO)CCOCC1. The summed E-state index contributed by atoms with van der Waals surface area (Å²) in [7, 11) is -3.62. The second kappa shape index (κ2) is 5.80. The average Bonchev–Trinajstić information content (AvgIpc) is 2.78. The van der Waals surface area contributed by atoms with E-state index in [4.69, 9.17) is 4.74 Å². The monoisotopic (exact) mass is 303 g/mol. The van der Waals surface area contributed by atoms with E-state index in [-0.39, 0.29) is 18.0 Å². The first-order valence-electron chi connectivity index (χ1n) is 6.60. The van der Waals surface area contributed by atoms with Gasteiger partial charge < -0.3 is 9.84 Å². The molecule has 20 heavy (non-hydrogen) atoms. The molecule has 3 N–H and O–H groups in total. The molecular formula is C12H21N3O4S. The molecule has 1 aliphatic rings. The maximum absolute atomic E-state index is 12.4. The van der Waals surface area contributed by atoms with E-state index >= 15 is 0 Å². The standard InChI is InChI=1S/C12H21N3O4S/c1-9-11(10(2)15-14-9)20(17,18)13-7-12(8-16)3-5-19-6-4-12/h13,16H,3-8H2,1-2H3,(H,14,15). The fourth-order valence-corrected chi connectivity index (χ4v) is 3.98. The van der Waals surface area contributed by atoms with Gasteiger partial charge in [-0.2, -0.15) is 5.10 Å². The fourth-order valence-electron chi connectivity index (χ4n) is 2.45. The Balaban J connectivity index is 2.13. The van der Waals surface area contributed by atoms with Crippen molar-refractivity contribution in [1.82, 2.24) is 14.9 Å². The summed E-state index contributed by atoms with van der Waals surface area (Å²) in [4.78, 5) is 0.192. The van der Waals surface area contributed by atoms with E-state index in [0.717, 1.165) is 0 Å². The maximum Gasteiger partial charge on any atom is 0.244 e. The van der Waals surface area contributed by atoms with Crippen molar-refractivity contribution in [1.29, 1.82) is 0 Å². The lowest BCUT2D eigenvalue weighted by molar-refractivity contribution is -0.0126. The Labute approximate surface area is 118 Å². The molecule has 1 aromatic rings. The van der Waals surface area contributed by atoms with Crippen molar-refractivity contribution in [3.8, 4) is 0 Å². The van der Waals surface area contributed by atoms with Crippen molar-refractivity contribution in [2.75, 3.05) is 26.4 Å². The molecule has 2 heterocycles. The van der Waals surface area contributed by atoms with Gasteiger partial charge in [0, 0.05) is 25.2 Å². The van der Waals surface area contributed by atoms with Crippen LogP contribution in [0.1, 0.15) is 24.2 Å². The minimum atomic E-state index is -3.62. The van der Waals surface area contributed by atoms with Gasteiger partial charge in [0.05, 0.1) is 18.0 Å².